The van der Waals surface area contributed by atoms with Gasteiger partial charge in [0.15, 0.2) is 6.10 Å². The van der Waals surface area contributed by atoms with E-state index < -0.39 is 6.10 Å². The van der Waals surface area contributed by atoms with Gasteiger partial charge in [0.05, 0.1) is 0 Å². The lowest BCUT2D eigenvalue weighted by Crippen LogP contribution is -2.30. The maximum absolute atomic E-state index is 12.3. The molecule has 0 aliphatic carbocycles. The summed E-state index contributed by atoms with van der Waals surface area (Å²) in [6.45, 7) is 8.24. The van der Waals surface area contributed by atoms with E-state index in [0.29, 0.717) is 34.5 Å². The SMILES string of the molecule is Cc1cc(Cl)ccc1O[C@@H](C)C(=O)Nc1ccc(C(=O)NCC(C)C)cc1. The van der Waals surface area contributed by atoms with Gasteiger partial charge in [0.2, 0.25) is 0 Å². The first kappa shape index (κ1) is 20.8. The van der Waals surface area contributed by atoms with E-state index in [9.17, 15) is 9.59 Å². The van der Waals surface area contributed by atoms with E-state index in [1.165, 1.54) is 0 Å². The fraction of sp³-hybridized carbons (Fsp3) is 0.333. The minimum atomic E-state index is -0.682. The van der Waals surface area contributed by atoms with Crippen LogP contribution in [-0.4, -0.2) is 24.5 Å². The Labute approximate surface area is 165 Å². The lowest BCUT2D eigenvalue weighted by molar-refractivity contribution is -0.122. The van der Waals surface area contributed by atoms with Gasteiger partial charge in [-0.2, -0.15) is 0 Å². The summed E-state index contributed by atoms with van der Waals surface area (Å²) in [6, 6.07) is 12.0. The zero-order valence-electron chi connectivity index (χ0n) is 16.0. The monoisotopic (exact) mass is 388 g/mol. The molecule has 2 rings (SSSR count). The molecule has 1 atom stereocenters. The van der Waals surface area contributed by atoms with E-state index in [1.54, 1.807) is 49.4 Å². The molecule has 0 aromatic heterocycles. The van der Waals surface area contributed by atoms with Crippen LogP contribution in [0.15, 0.2) is 42.5 Å². The molecule has 0 heterocycles. The van der Waals surface area contributed by atoms with Gasteiger partial charge in [0, 0.05) is 22.8 Å². The van der Waals surface area contributed by atoms with Crippen molar-refractivity contribution in [3.8, 4) is 5.75 Å². The van der Waals surface area contributed by atoms with Crippen molar-refractivity contribution in [1.29, 1.82) is 0 Å². The van der Waals surface area contributed by atoms with Crippen LogP contribution in [-0.2, 0) is 4.79 Å². The third-order valence-corrected chi connectivity index (χ3v) is 4.13. The van der Waals surface area contributed by atoms with Gasteiger partial charge in [-0.05, 0) is 67.8 Å². The summed E-state index contributed by atoms with van der Waals surface area (Å²) in [4.78, 5) is 24.4. The maximum atomic E-state index is 12.3. The van der Waals surface area contributed by atoms with Gasteiger partial charge in [-0.1, -0.05) is 25.4 Å². The molecule has 0 unspecified atom stereocenters. The summed E-state index contributed by atoms with van der Waals surface area (Å²) in [5.74, 6) is 0.593. The van der Waals surface area contributed by atoms with Crippen molar-refractivity contribution in [2.45, 2.75) is 33.8 Å². The van der Waals surface area contributed by atoms with Gasteiger partial charge in [-0.3, -0.25) is 9.59 Å². The molecule has 2 N–H and O–H groups in total. The normalized spacial score (nSPS) is 11.8. The predicted molar refractivity (Wildman–Crippen MR) is 109 cm³/mol. The molecule has 0 fully saturated rings. The Morgan fingerprint density at radius 2 is 1.74 bits per heavy atom. The molecule has 0 radical (unpaired) electrons. The number of ether oxygens (including phenoxy) is 1. The van der Waals surface area contributed by atoms with Gasteiger partial charge in [0.25, 0.3) is 11.8 Å². The number of hydrogen-bond donors (Lipinski definition) is 2. The van der Waals surface area contributed by atoms with Crippen LogP contribution in [0.4, 0.5) is 5.69 Å². The van der Waals surface area contributed by atoms with E-state index in [4.69, 9.17) is 16.3 Å². The number of amides is 2. The van der Waals surface area contributed by atoms with Gasteiger partial charge in [0.1, 0.15) is 5.75 Å². The first-order valence-electron chi connectivity index (χ1n) is 8.88. The molecule has 0 bridgehead atoms. The van der Waals surface area contributed by atoms with E-state index in [-0.39, 0.29) is 11.8 Å². The molecular formula is C21H25ClN2O3. The maximum Gasteiger partial charge on any atom is 0.265 e. The summed E-state index contributed by atoms with van der Waals surface area (Å²) >= 11 is 5.93. The van der Waals surface area contributed by atoms with Gasteiger partial charge in [-0.15, -0.1) is 0 Å². The lowest BCUT2D eigenvalue weighted by atomic mass is 10.1. The third-order valence-electron chi connectivity index (χ3n) is 3.90. The summed E-state index contributed by atoms with van der Waals surface area (Å²) < 4.78 is 5.72. The van der Waals surface area contributed by atoms with E-state index in [1.807, 2.05) is 20.8 Å². The minimum absolute atomic E-state index is 0.128. The first-order valence-corrected chi connectivity index (χ1v) is 9.26. The highest BCUT2D eigenvalue weighted by atomic mass is 35.5. The van der Waals surface area contributed by atoms with Gasteiger partial charge in [-0.25, -0.2) is 0 Å². The Kier molecular flexibility index (Phi) is 7.25. The van der Waals surface area contributed by atoms with E-state index in [2.05, 4.69) is 10.6 Å². The van der Waals surface area contributed by atoms with Crippen LogP contribution in [0.25, 0.3) is 0 Å². The minimum Gasteiger partial charge on any atom is -0.481 e. The highest BCUT2D eigenvalue weighted by Gasteiger charge is 2.16. The van der Waals surface area contributed by atoms with E-state index >= 15 is 0 Å². The molecule has 6 heteroatoms. The second kappa shape index (κ2) is 9.42. The smallest absolute Gasteiger partial charge is 0.265 e. The average Bonchev–Trinajstić information content (AvgIpc) is 2.62. The van der Waals surface area contributed by atoms with Crippen molar-refractivity contribution >= 4 is 29.1 Å². The van der Waals surface area contributed by atoms with Crippen molar-refractivity contribution in [2.24, 2.45) is 5.92 Å². The molecular weight excluding hydrogens is 364 g/mol. The summed E-state index contributed by atoms with van der Waals surface area (Å²) in [5.41, 5.74) is 2.01. The quantitative estimate of drug-likeness (QED) is 0.736. The molecule has 0 spiro atoms. The molecule has 2 amide bonds. The number of carbonyl (C=O) groups excluding carboxylic acids is 2. The number of carbonyl (C=O) groups is 2. The molecule has 2 aromatic rings. The number of hydrogen-bond acceptors (Lipinski definition) is 3. The fourth-order valence-electron chi connectivity index (χ4n) is 2.34. The van der Waals surface area contributed by atoms with Crippen molar-refractivity contribution in [3.05, 3.63) is 58.6 Å². The Hall–Kier alpha value is -2.53. The van der Waals surface area contributed by atoms with Crippen molar-refractivity contribution < 1.29 is 14.3 Å². The van der Waals surface area contributed by atoms with Crippen LogP contribution in [0, 0.1) is 12.8 Å². The molecule has 0 aliphatic heterocycles. The summed E-state index contributed by atoms with van der Waals surface area (Å²) in [5, 5.41) is 6.27. The largest absolute Gasteiger partial charge is 0.481 e. The molecule has 2 aromatic carbocycles. The van der Waals surface area contributed by atoms with Crippen molar-refractivity contribution in [3.63, 3.8) is 0 Å². The number of rotatable bonds is 7. The van der Waals surface area contributed by atoms with E-state index in [0.717, 1.165) is 5.56 Å². The number of halogens is 1. The van der Waals surface area contributed by atoms with Gasteiger partial charge >= 0.3 is 0 Å². The van der Waals surface area contributed by atoms with Gasteiger partial charge < -0.3 is 15.4 Å². The standard InChI is InChI=1S/C21H25ClN2O3/c1-13(2)12-23-21(26)16-5-8-18(9-6-16)24-20(25)15(4)27-19-10-7-17(22)11-14(19)3/h5-11,13,15H,12H2,1-4H3,(H,23,26)(H,24,25)/t15-/m0/s1. The second-order valence-electron chi connectivity index (χ2n) is 6.84. The highest BCUT2D eigenvalue weighted by molar-refractivity contribution is 6.30. The zero-order chi connectivity index (χ0) is 20.0. The van der Waals surface area contributed by atoms with Crippen molar-refractivity contribution in [2.75, 3.05) is 11.9 Å². The predicted octanol–water partition coefficient (Wildman–Crippen LogP) is 4.44. The Bertz CT molecular complexity index is 804. The third kappa shape index (κ3) is 6.29. The molecule has 0 saturated heterocycles. The molecule has 27 heavy (non-hydrogen) atoms. The zero-order valence-corrected chi connectivity index (χ0v) is 16.8. The van der Waals surface area contributed by atoms with Crippen LogP contribution >= 0.6 is 11.6 Å². The second-order valence-corrected chi connectivity index (χ2v) is 7.28. The Morgan fingerprint density at radius 3 is 2.33 bits per heavy atom. The number of anilines is 1. The molecule has 5 nitrogen and oxygen atoms in total. The fourth-order valence-corrected chi connectivity index (χ4v) is 2.56. The van der Waals surface area contributed by atoms with Crippen molar-refractivity contribution in [1.82, 2.24) is 5.32 Å². The van der Waals surface area contributed by atoms with Crippen LogP contribution in [0.5, 0.6) is 5.75 Å². The topological polar surface area (TPSA) is 67.4 Å². The van der Waals surface area contributed by atoms with Crippen LogP contribution in [0.3, 0.4) is 0 Å². The number of aryl methyl sites for hydroxylation is 1. The summed E-state index contributed by atoms with van der Waals surface area (Å²) in [7, 11) is 0. The molecule has 144 valence electrons. The Morgan fingerprint density at radius 1 is 1.07 bits per heavy atom. The van der Waals surface area contributed by atoms with Crippen LogP contribution in [0.1, 0.15) is 36.7 Å². The lowest BCUT2D eigenvalue weighted by Gasteiger charge is -2.16. The molecule has 0 saturated carbocycles. The average molecular weight is 389 g/mol. The highest BCUT2D eigenvalue weighted by Crippen LogP contribution is 2.23. The molecule has 0 aliphatic rings. The van der Waals surface area contributed by atoms with Crippen LogP contribution in [0.2, 0.25) is 5.02 Å². The number of benzene rings is 2. The number of nitrogens with one attached hydrogen (secondary N) is 2. The summed E-state index contributed by atoms with van der Waals surface area (Å²) in [6.07, 6.45) is -0.682. The van der Waals surface area contributed by atoms with Crippen LogP contribution < -0.4 is 15.4 Å². The first-order chi connectivity index (χ1) is 12.8. The Balaban J connectivity index is 1.93.